The third-order valence-electron chi connectivity index (χ3n) is 2.67. The molecule has 0 heterocycles. The van der Waals surface area contributed by atoms with E-state index in [2.05, 4.69) is 10.1 Å². The molecule has 0 radical (unpaired) electrons. The second-order valence-electron chi connectivity index (χ2n) is 5.99. The molecule has 1 unspecified atom stereocenters. The molecule has 128 valence electrons. The van der Waals surface area contributed by atoms with Gasteiger partial charge in [0.1, 0.15) is 23.2 Å². The molecule has 0 aliphatic carbocycles. The summed E-state index contributed by atoms with van der Waals surface area (Å²) in [5, 5.41) is 2.27. The van der Waals surface area contributed by atoms with Gasteiger partial charge in [0.15, 0.2) is 0 Å². The molecule has 23 heavy (non-hydrogen) atoms. The lowest BCUT2D eigenvalue weighted by Crippen LogP contribution is -2.47. The van der Waals surface area contributed by atoms with Crippen LogP contribution in [0.25, 0.3) is 0 Å². The maximum atomic E-state index is 12.5. The number of alkyl carbamates (subject to hydrolysis) is 1. The van der Waals surface area contributed by atoms with Gasteiger partial charge >= 0.3 is 12.5 Å². The number of amides is 1. The monoisotopic (exact) mass is 333 g/mol. The first-order chi connectivity index (χ1) is 10.4. The van der Waals surface area contributed by atoms with E-state index in [1.54, 1.807) is 20.8 Å². The van der Waals surface area contributed by atoms with E-state index >= 15 is 0 Å². The van der Waals surface area contributed by atoms with E-state index in [-0.39, 0.29) is 5.56 Å². The molecule has 0 bridgehead atoms. The molecule has 1 atom stereocenters. The van der Waals surface area contributed by atoms with Crippen LogP contribution in [0.15, 0.2) is 24.3 Å². The topological polar surface area (TPSA) is 64.6 Å². The average Bonchev–Trinajstić information content (AvgIpc) is 2.34. The standard InChI is InChI=1S/C15H18F3NO4/c1-13(2,3)23-12(21)19-14(4,9-20)10-7-5-6-8-11(10)22-15(16,17)18/h5-9H,1-4H3,(H,19,21). The second kappa shape index (κ2) is 6.47. The summed E-state index contributed by atoms with van der Waals surface area (Å²) in [6.45, 7) is 6.10. The number of carbonyl (C=O) groups excluding carboxylic acids is 2. The zero-order valence-electron chi connectivity index (χ0n) is 13.2. The van der Waals surface area contributed by atoms with Crippen molar-refractivity contribution in [2.75, 3.05) is 0 Å². The van der Waals surface area contributed by atoms with Gasteiger partial charge in [-0.05, 0) is 33.8 Å². The third-order valence-corrected chi connectivity index (χ3v) is 2.67. The fraction of sp³-hybridized carbons (Fsp3) is 0.467. The highest BCUT2D eigenvalue weighted by molar-refractivity contribution is 5.78. The fourth-order valence-corrected chi connectivity index (χ4v) is 1.79. The summed E-state index contributed by atoms with van der Waals surface area (Å²) >= 11 is 0. The van der Waals surface area contributed by atoms with Crippen LogP contribution in [0.1, 0.15) is 33.3 Å². The van der Waals surface area contributed by atoms with Crippen LogP contribution in [0.4, 0.5) is 18.0 Å². The van der Waals surface area contributed by atoms with E-state index in [1.807, 2.05) is 0 Å². The van der Waals surface area contributed by atoms with Crippen molar-refractivity contribution >= 4 is 12.4 Å². The highest BCUT2D eigenvalue weighted by atomic mass is 19.4. The van der Waals surface area contributed by atoms with Crippen LogP contribution in [-0.4, -0.2) is 24.3 Å². The Morgan fingerprint density at radius 1 is 1.13 bits per heavy atom. The van der Waals surface area contributed by atoms with Gasteiger partial charge in [-0.3, -0.25) is 0 Å². The van der Waals surface area contributed by atoms with E-state index in [0.29, 0.717) is 6.29 Å². The number of carbonyl (C=O) groups is 2. The Morgan fingerprint density at radius 2 is 1.70 bits per heavy atom. The number of nitrogens with one attached hydrogen (secondary N) is 1. The van der Waals surface area contributed by atoms with Crippen molar-refractivity contribution < 1.29 is 32.2 Å². The van der Waals surface area contributed by atoms with Gasteiger partial charge in [-0.25, -0.2) is 4.79 Å². The van der Waals surface area contributed by atoms with E-state index in [0.717, 1.165) is 6.07 Å². The first kappa shape index (κ1) is 18.8. The molecule has 1 rings (SSSR count). The number of ether oxygens (including phenoxy) is 2. The summed E-state index contributed by atoms with van der Waals surface area (Å²) in [7, 11) is 0. The van der Waals surface area contributed by atoms with Gasteiger partial charge in [-0.1, -0.05) is 18.2 Å². The molecular formula is C15H18F3NO4. The van der Waals surface area contributed by atoms with Gasteiger partial charge in [0.25, 0.3) is 0 Å². The molecule has 0 fully saturated rings. The lowest BCUT2D eigenvalue weighted by Gasteiger charge is -2.29. The quantitative estimate of drug-likeness (QED) is 0.856. The molecule has 1 aromatic carbocycles. The summed E-state index contributed by atoms with van der Waals surface area (Å²) in [5.74, 6) is -0.578. The highest BCUT2D eigenvalue weighted by Gasteiger charge is 2.37. The first-order valence-electron chi connectivity index (χ1n) is 6.69. The molecule has 0 spiro atoms. The van der Waals surface area contributed by atoms with Gasteiger partial charge in [0, 0.05) is 5.56 Å². The largest absolute Gasteiger partial charge is 0.573 e. The number of benzene rings is 1. The number of halogens is 3. The van der Waals surface area contributed by atoms with Gasteiger partial charge in [0.2, 0.25) is 0 Å². The maximum Gasteiger partial charge on any atom is 0.573 e. The minimum absolute atomic E-state index is 0.141. The number of aldehydes is 1. The average molecular weight is 333 g/mol. The summed E-state index contributed by atoms with van der Waals surface area (Å²) < 4.78 is 46.4. The predicted molar refractivity (Wildman–Crippen MR) is 75.9 cm³/mol. The normalized spacial score (nSPS) is 14.6. The molecule has 0 aliphatic rings. The summed E-state index contributed by atoms with van der Waals surface area (Å²) in [6, 6.07) is 5.06. The van der Waals surface area contributed by atoms with Gasteiger partial charge < -0.3 is 19.6 Å². The van der Waals surface area contributed by atoms with Gasteiger partial charge in [-0.2, -0.15) is 0 Å². The Kier molecular flexibility index (Phi) is 5.29. The Hall–Kier alpha value is -2.25. The van der Waals surface area contributed by atoms with Crippen molar-refractivity contribution in [3.8, 4) is 5.75 Å². The van der Waals surface area contributed by atoms with Crippen LogP contribution in [-0.2, 0) is 15.1 Å². The minimum Gasteiger partial charge on any atom is -0.444 e. The van der Waals surface area contributed by atoms with Crippen molar-refractivity contribution in [3.05, 3.63) is 29.8 Å². The molecule has 1 amide bonds. The van der Waals surface area contributed by atoms with Gasteiger partial charge in [-0.15, -0.1) is 13.2 Å². The molecule has 0 saturated carbocycles. The van der Waals surface area contributed by atoms with Crippen LogP contribution < -0.4 is 10.1 Å². The molecule has 0 aliphatic heterocycles. The molecule has 0 aromatic heterocycles. The predicted octanol–water partition coefficient (Wildman–Crippen LogP) is 3.52. The van der Waals surface area contributed by atoms with Crippen LogP contribution >= 0.6 is 0 Å². The maximum absolute atomic E-state index is 12.5. The van der Waals surface area contributed by atoms with E-state index < -0.39 is 29.3 Å². The summed E-state index contributed by atoms with van der Waals surface area (Å²) in [4.78, 5) is 23.3. The van der Waals surface area contributed by atoms with Crippen molar-refractivity contribution in [1.82, 2.24) is 5.32 Å². The second-order valence-corrected chi connectivity index (χ2v) is 5.99. The van der Waals surface area contributed by atoms with E-state index in [4.69, 9.17) is 4.74 Å². The summed E-state index contributed by atoms with van der Waals surface area (Å²) in [5.41, 5.74) is -2.71. The van der Waals surface area contributed by atoms with E-state index in [1.165, 1.54) is 25.1 Å². The van der Waals surface area contributed by atoms with Crippen LogP contribution in [0.5, 0.6) is 5.75 Å². The third kappa shape index (κ3) is 5.80. The molecule has 0 saturated heterocycles. The van der Waals surface area contributed by atoms with Crippen LogP contribution in [0.2, 0.25) is 0 Å². The number of alkyl halides is 3. The van der Waals surface area contributed by atoms with Crippen molar-refractivity contribution in [2.45, 2.75) is 45.2 Å². The Labute approximate surface area is 131 Å². The Morgan fingerprint density at radius 3 is 2.17 bits per heavy atom. The number of hydrogen-bond acceptors (Lipinski definition) is 4. The van der Waals surface area contributed by atoms with Crippen LogP contribution in [0.3, 0.4) is 0 Å². The van der Waals surface area contributed by atoms with Gasteiger partial charge in [0.05, 0.1) is 0 Å². The van der Waals surface area contributed by atoms with Crippen molar-refractivity contribution in [1.29, 1.82) is 0 Å². The Bertz CT molecular complexity index is 581. The number of rotatable bonds is 4. The first-order valence-corrected chi connectivity index (χ1v) is 6.69. The van der Waals surface area contributed by atoms with Crippen LogP contribution in [0, 0.1) is 0 Å². The highest BCUT2D eigenvalue weighted by Crippen LogP contribution is 2.32. The van der Waals surface area contributed by atoms with Crippen molar-refractivity contribution in [3.63, 3.8) is 0 Å². The fourth-order valence-electron chi connectivity index (χ4n) is 1.79. The molecule has 1 N–H and O–H groups in total. The zero-order valence-corrected chi connectivity index (χ0v) is 13.2. The molecule has 5 nitrogen and oxygen atoms in total. The van der Waals surface area contributed by atoms with E-state index in [9.17, 15) is 22.8 Å². The molecule has 1 aromatic rings. The molecule has 8 heteroatoms. The SMILES string of the molecule is CC(C)(C)OC(=O)NC(C)(C=O)c1ccccc1OC(F)(F)F. The Balaban J connectivity index is 3.14. The van der Waals surface area contributed by atoms with Crippen molar-refractivity contribution in [2.24, 2.45) is 0 Å². The lowest BCUT2D eigenvalue weighted by molar-refractivity contribution is -0.275. The molecular weight excluding hydrogens is 315 g/mol. The summed E-state index contributed by atoms with van der Waals surface area (Å²) in [6.07, 6.45) is -5.55. The number of hydrogen-bond donors (Lipinski definition) is 1. The number of para-hydroxylation sites is 1. The smallest absolute Gasteiger partial charge is 0.444 e. The minimum atomic E-state index is -4.92. The lowest BCUT2D eigenvalue weighted by atomic mass is 9.93. The zero-order chi connectivity index (χ0) is 17.9.